The molecule has 1 heterocycles. The molecule has 0 bridgehead atoms. The van der Waals surface area contributed by atoms with Gasteiger partial charge in [-0.05, 0) is 64.1 Å². The third-order valence-corrected chi connectivity index (χ3v) is 4.74. The van der Waals surface area contributed by atoms with Crippen molar-refractivity contribution in [3.8, 4) is 11.5 Å². The van der Waals surface area contributed by atoms with E-state index in [2.05, 4.69) is 26.6 Å². The van der Waals surface area contributed by atoms with E-state index < -0.39 is 39.9 Å². The summed E-state index contributed by atoms with van der Waals surface area (Å²) in [5.41, 5.74) is -1.85. The number of nitro groups is 1. The standard InChI is InChI=1S/C18H9BrF3N3O5S/c19-11-6-8(5-10-15(26)23-17(31)24-16(10)27)1-3-13(11)30-14-4-2-9(18(20,21)22)7-12(14)25(28)29/h1-7H,(H2,23,24,26,27,31). The van der Waals surface area contributed by atoms with Gasteiger partial charge in [0.25, 0.3) is 11.8 Å². The van der Waals surface area contributed by atoms with Crippen LogP contribution >= 0.6 is 28.1 Å². The van der Waals surface area contributed by atoms with E-state index in [0.29, 0.717) is 17.7 Å². The average Bonchev–Trinajstić information content (AvgIpc) is 2.66. The first-order valence-corrected chi connectivity index (χ1v) is 9.37. The highest BCUT2D eigenvalue weighted by atomic mass is 79.9. The highest BCUT2D eigenvalue weighted by molar-refractivity contribution is 9.10. The molecule has 8 nitrogen and oxygen atoms in total. The van der Waals surface area contributed by atoms with Gasteiger partial charge in [-0.25, -0.2) is 0 Å². The number of rotatable bonds is 4. The summed E-state index contributed by atoms with van der Waals surface area (Å²) in [6.07, 6.45) is -3.47. The maximum Gasteiger partial charge on any atom is 0.416 e. The first-order valence-electron chi connectivity index (χ1n) is 8.17. The fourth-order valence-electron chi connectivity index (χ4n) is 2.50. The molecule has 2 aromatic carbocycles. The Morgan fingerprint density at radius 1 is 1.06 bits per heavy atom. The predicted molar refractivity (Wildman–Crippen MR) is 109 cm³/mol. The monoisotopic (exact) mass is 515 g/mol. The molecule has 0 atom stereocenters. The highest BCUT2D eigenvalue weighted by Gasteiger charge is 2.33. The van der Waals surface area contributed by atoms with Gasteiger partial charge in [0.15, 0.2) is 5.11 Å². The van der Waals surface area contributed by atoms with Crippen LogP contribution in [-0.4, -0.2) is 21.9 Å². The minimum absolute atomic E-state index is 0.0590. The van der Waals surface area contributed by atoms with Gasteiger partial charge in [-0.2, -0.15) is 13.2 Å². The summed E-state index contributed by atoms with van der Waals surface area (Å²) in [7, 11) is 0. The first-order chi connectivity index (χ1) is 14.5. The summed E-state index contributed by atoms with van der Waals surface area (Å²) in [4.78, 5) is 34.0. The Labute approximate surface area is 185 Å². The van der Waals surface area contributed by atoms with E-state index in [9.17, 15) is 32.9 Å². The Morgan fingerprint density at radius 3 is 2.23 bits per heavy atom. The van der Waals surface area contributed by atoms with Crippen molar-refractivity contribution in [1.29, 1.82) is 0 Å². The van der Waals surface area contributed by atoms with Crippen LogP contribution in [0.2, 0.25) is 0 Å². The molecule has 3 rings (SSSR count). The van der Waals surface area contributed by atoms with Crippen molar-refractivity contribution in [2.75, 3.05) is 0 Å². The zero-order valence-electron chi connectivity index (χ0n) is 15.0. The van der Waals surface area contributed by atoms with Crippen LogP contribution < -0.4 is 15.4 Å². The number of carbonyl (C=O) groups excluding carboxylic acids is 2. The number of hydrogen-bond acceptors (Lipinski definition) is 6. The van der Waals surface area contributed by atoms with Gasteiger partial charge in [0.05, 0.1) is 15.0 Å². The van der Waals surface area contributed by atoms with Crippen molar-refractivity contribution in [1.82, 2.24) is 10.6 Å². The second kappa shape index (κ2) is 8.43. The molecule has 0 unspecified atom stereocenters. The van der Waals surface area contributed by atoms with Crippen molar-refractivity contribution < 1.29 is 32.4 Å². The quantitative estimate of drug-likeness (QED) is 0.208. The van der Waals surface area contributed by atoms with Crippen molar-refractivity contribution in [2.24, 2.45) is 0 Å². The van der Waals surface area contributed by atoms with Crippen LogP contribution in [0.3, 0.4) is 0 Å². The Kier molecular flexibility index (Phi) is 6.08. The molecule has 160 valence electrons. The number of nitrogens with one attached hydrogen (secondary N) is 2. The lowest BCUT2D eigenvalue weighted by Gasteiger charge is -2.16. The van der Waals surface area contributed by atoms with Gasteiger partial charge < -0.3 is 4.74 Å². The Bertz CT molecular complexity index is 1140. The molecule has 13 heteroatoms. The lowest BCUT2D eigenvalue weighted by molar-refractivity contribution is -0.385. The summed E-state index contributed by atoms with van der Waals surface area (Å²) < 4.78 is 44.2. The van der Waals surface area contributed by atoms with Crippen LogP contribution in [0, 0.1) is 10.1 Å². The van der Waals surface area contributed by atoms with E-state index in [1.165, 1.54) is 24.3 Å². The molecule has 1 saturated heterocycles. The van der Waals surface area contributed by atoms with Crippen LogP contribution in [0.4, 0.5) is 18.9 Å². The van der Waals surface area contributed by atoms with Gasteiger partial charge in [0.1, 0.15) is 11.3 Å². The van der Waals surface area contributed by atoms with Crippen molar-refractivity contribution in [3.05, 3.63) is 67.7 Å². The van der Waals surface area contributed by atoms with Crippen molar-refractivity contribution >= 4 is 56.8 Å². The van der Waals surface area contributed by atoms with E-state index in [0.717, 1.165) is 6.07 Å². The molecule has 2 amide bonds. The maximum absolute atomic E-state index is 12.8. The van der Waals surface area contributed by atoms with E-state index >= 15 is 0 Å². The smallest absolute Gasteiger partial charge is 0.416 e. The van der Waals surface area contributed by atoms with Crippen LogP contribution in [0.5, 0.6) is 11.5 Å². The summed E-state index contributed by atoms with van der Waals surface area (Å²) in [5, 5.41) is 15.6. The van der Waals surface area contributed by atoms with Crippen LogP contribution in [-0.2, 0) is 15.8 Å². The molecular formula is C18H9BrF3N3O5S. The molecule has 0 spiro atoms. The van der Waals surface area contributed by atoms with Gasteiger partial charge in [0.2, 0.25) is 5.75 Å². The van der Waals surface area contributed by atoms with Gasteiger partial charge in [-0.15, -0.1) is 0 Å². The molecule has 0 radical (unpaired) electrons. The number of nitrogens with zero attached hydrogens (tertiary/aromatic N) is 1. The number of thiocarbonyl (C=S) groups is 1. The van der Waals surface area contributed by atoms with Gasteiger partial charge in [0, 0.05) is 6.07 Å². The van der Waals surface area contributed by atoms with Gasteiger partial charge >= 0.3 is 11.9 Å². The van der Waals surface area contributed by atoms with Crippen LogP contribution in [0.15, 0.2) is 46.4 Å². The first kappa shape index (κ1) is 22.4. The molecule has 31 heavy (non-hydrogen) atoms. The second-order valence-corrected chi connectivity index (χ2v) is 7.29. The number of ether oxygens (including phenoxy) is 1. The molecule has 1 aliphatic heterocycles. The van der Waals surface area contributed by atoms with E-state index in [1.54, 1.807) is 0 Å². The summed E-state index contributed by atoms with van der Waals surface area (Å²) in [5.74, 6) is -1.72. The highest BCUT2D eigenvalue weighted by Crippen LogP contribution is 2.39. The molecular weight excluding hydrogens is 507 g/mol. The summed E-state index contributed by atoms with van der Waals surface area (Å²) >= 11 is 7.90. The largest absolute Gasteiger partial charge is 0.449 e. The normalized spacial score (nSPS) is 14.1. The minimum Gasteiger partial charge on any atom is -0.449 e. The molecule has 2 N–H and O–H groups in total. The molecule has 1 fully saturated rings. The lowest BCUT2D eigenvalue weighted by Crippen LogP contribution is -2.51. The lowest BCUT2D eigenvalue weighted by atomic mass is 10.1. The fraction of sp³-hybridized carbons (Fsp3) is 0.0556. The van der Waals surface area contributed by atoms with Crippen LogP contribution in [0.25, 0.3) is 6.08 Å². The third kappa shape index (κ3) is 5.06. The third-order valence-electron chi connectivity index (χ3n) is 3.91. The van der Waals surface area contributed by atoms with Crippen molar-refractivity contribution in [2.45, 2.75) is 6.18 Å². The maximum atomic E-state index is 12.8. The summed E-state index contributed by atoms with van der Waals surface area (Å²) in [6, 6.07) is 6.15. The van der Waals surface area contributed by atoms with Gasteiger partial charge in [-0.3, -0.25) is 30.3 Å². The number of halogens is 4. The number of benzene rings is 2. The fourth-order valence-corrected chi connectivity index (χ4v) is 3.17. The number of nitro benzene ring substituents is 1. The Morgan fingerprint density at radius 2 is 1.68 bits per heavy atom. The van der Waals surface area contributed by atoms with E-state index in [4.69, 9.17) is 17.0 Å². The van der Waals surface area contributed by atoms with Crippen LogP contribution in [0.1, 0.15) is 11.1 Å². The second-order valence-electron chi connectivity index (χ2n) is 6.02. The van der Waals surface area contributed by atoms with Crippen molar-refractivity contribution in [3.63, 3.8) is 0 Å². The average molecular weight is 516 g/mol. The molecule has 0 aliphatic carbocycles. The Balaban J connectivity index is 1.90. The SMILES string of the molecule is O=C1NC(=S)NC(=O)C1=Cc1ccc(Oc2ccc(C(F)(F)F)cc2[N+](=O)[O-])c(Br)c1. The topological polar surface area (TPSA) is 111 Å². The molecule has 1 aliphatic rings. The molecule has 2 aromatic rings. The zero-order valence-corrected chi connectivity index (χ0v) is 17.4. The van der Waals surface area contributed by atoms with Gasteiger partial charge in [-0.1, -0.05) is 6.07 Å². The minimum atomic E-state index is -4.75. The number of amides is 2. The number of alkyl halides is 3. The molecule has 0 saturated carbocycles. The predicted octanol–water partition coefficient (Wildman–Crippen LogP) is 4.08. The van der Waals surface area contributed by atoms with E-state index in [1.807, 2.05) is 0 Å². The summed E-state index contributed by atoms with van der Waals surface area (Å²) in [6.45, 7) is 0. The number of carbonyl (C=O) groups is 2. The zero-order chi connectivity index (χ0) is 22.9. The molecule has 0 aromatic heterocycles. The Hall–Kier alpha value is -3.32. The number of hydrogen-bond donors (Lipinski definition) is 2. The van der Waals surface area contributed by atoms with E-state index in [-0.39, 0.29) is 20.9 Å².